The van der Waals surface area contributed by atoms with Crippen molar-refractivity contribution in [2.24, 2.45) is 9.98 Å². The molecule has 0 spiro atoms. The van der Waals surface area contributed by atoms with Crippen molar-refractivity contribution in [3.05, 3.63) is 54.2 Å². The highest BCUT2D eigenvalue weighted by Gasteiger charge is 2.20. The van der Waals surface area contributed by atoms with Crippen molar-refractivity contribution in [2.45, 2.75) is 6.92 Å². The number of benzene rings is 1. The van der Waals surface area contributed by atoms with Gasteiger partial charge >= 0.3 is 6.03 Å². The number of carbonyl (C=O) groups is 1. The Balaban J connectivity index is 2.17. The molecule has 2 amide bonds. The van der Waals surface area contributed by atoms with E-state index in [1.165, 1.54) is 0 Å². The van der Waals surface area contributed by atoms with Gasteiger partial charge in [0.15, 0.2) is 0 Å². The molecule has 4 heteroatoms. The van der Waals surface area contributed by atoms with Crippen molar-refractivity contribution in [3.8, 4) is 11.3 Å². The van der Waals surface area contributed by atoms with Crippen molar-refractivity contribution >= 4 is 17.5 Å². The molecular formula is C15H11N3O. The number of hydrogen-bond donors (Lipinski definition) is 0. The van der Waals surface area contributed by atoms with Gasteiger partial charge in [0.1, 0.15) is 0 Å². The van der Waals surface area contributed by atoms with E-state index in [9.17, 15) is 4.79 Å². The summed E-state index contributed by atoms with van der Waals surface area (Å²) in [6.45, 7) is 1.78. The van der Waals surface area contributed by atoms with E-state index in [0.717, 1.165) is 16.8 Å². The monoisotopic (exact) mass is 249 g/mol. The quantitative estimate of drug-likeness (QED) is 0.821. The van der Waals surface area contributed by atoms with Gasteiger partial charge in [0, 0.05) is 17.3 Å². The van der Waals surface area contributed by atoms with Crippen LogP contribution >= 0.6 is 0 Å². The molecule has 19 heavy (non-hydrogen) atoms. The summed E-state index contributed by atoms with van der Waals surface area (Å²) in [6.07, 6.45) is 1.73. The summed E-state index contributed by atoms with van der Waals surface area (Å²) in [6, 6.07) is 13.1. The molecule has 0 saturated heterocycles. The Morgan fingerprint density at radius 3 is 2.42 bits per heavy atom. The fourth-order valence-electron chi connectivity index (χ4n) is 2.08. The molecule has 0 N–H and O–H groups in total. The minimum atomic E-state index is -0.449. The second kappa shape index (κ2) is 4.57. The summed E-state index contributed by atoms with van der Waals surface area (Å²) in [5.41, 5.74) is 3.88. The maximum Gasteiger partial charge on any atom is 0.367 e. The SMILES string of the molecule is CC1=NC(=O)N=C1c1cccnc1-c1ccccc1. The molecule has 1 aliphatic heterocycles. The van der Waals surface area contributed by atoms with Crippen LogP contribution in [0.15, 0.2) is 58.6 Å². The van der Waals surface area contributed by atoms with Gasteiger partial charge in [-0.2, -0.15) is 9.98 Å². The molecule has 0 fully saturated rings. The van der Waals surface area contributed by atoms with E-state index in [1.54, 1.807) is 13.1 Å². The third-order valence-corrected chi connectivity index (χ3v) is 2.92. The molecule has 0 aliphatic carbocycles. The van der Waals surface area contributed by atoms with Gasteiger partial charge in [-0.1, -0.05) is 30.3 Å². The van der Waals surface area contributed by atoms with E-state index in [4.69, 9.17) is 0 Å². The Hall–Kier alpha value is -2.62. The lowest BCUT2D eigenvalue weighted by atomic mass is 10.0. The third kappa shape index (κ3) is 2.08. The fourth-order valence-corrected chi connectivity index (χ4v) is 2.08. The smallest absolute Gasteiger partial charge is 0.256 e. The zero-order valence-electron chi connectivity index (χ0n) is 10.4. The van der Waals surface area contributed by atoms with Crippen LogP contribution in [0.4, 0.5) is 4.79 Å². The Kier molecular flexibility index (Phi) is 2.76. The highest BCUT2D eigenvalue weighted by atomic mass is 16.2. The highest BCUT2D eigenvalue weighted by Crippen LogP contribution is 2.23. The molecule has 0 bridgehead atoms. The summed E-state index contributed by atoms with van der Waals surface area (Å²) in [7, 11) is 0. The molecule has 1 aromatic heterocycles. The maximum atomic E-state index is 11.3. The average molecular weight is 249 g/mol. The fraction of sp³-hybridized carbons (Fsp3) is 0.0667. The van der Waals surface area contributed by atoms with Gasteiger partial charge in [-0.05, 0) is 19.1 Å². The van der Waals surface area contributed by atoms with Crippen molar-refractivity contribution < 1.29 is 4.79 Å². The van der Waals surface area contributed by atoms with E-state index >= 15 is 0 Å². The second-order valence-electron chi connectivity index (χ2n) is 4.21. The molecule has 0 radical (unpaired) electrons. The van der Waals surface area contributed by atoms with Crippen LogP contribution in [0.25, 0.3) is 11.3 Å². The standard InChI is InChI=1S/C15H11N3O/c1-10-13(18-15(19)17-10)12-8-5-9-16-14(12)11-6-3-2-4-7-11/h2-9H,1H3. The number of aliphatic imine (C=N–C) groups is 2. The van der Waals surface area contributed by atoms with Crippen molar-refractivity contribution in [1.82, 2.24) is 4.98 Å². The van der Waals surface area contributed by atoms with Crippen LogP contribution in [-0.4, -0.2) is 22.4 Å². The zero-order chi connectivity index (χ0) is 13.2. The molecule has 0 saturated carbocycles. The summed E-state index contributed by atoms with van der Waals surface area (Å²) in [5.74, 6) is 0. The molecule has 2 heterocycles. The summed E-state index contributed by atoms with van der Waals surface area (Å²) < 4.78 is 0. The van der Waals surface area contributed by atoms with Crippen LogP contribution < -0.4 is 0 Å². The minimum absolute atomic E-state index is 0.449. The van der Waals surface area contributed by atoms with Gasteiger partial charge in [0.2, 0.25) is 0 Å². The molecule has 1 aromatic carbocycles. The molecule has 0 atom stereocenters. The van der Waals surface area contributed by atoms with Crippen LogP contribution in [0.5, 0.6) is 0 Å². The number of aromatic nitrogens is 1. The molecule has 2 aromatic rings. The Morgan fingerprint density at radius 2 is 1.74 bits per heavy atom. The van der Waals surface area contributed by atoms with Crippen molar-refractivity contribution in [2.75, 3.05) is 0 Å². The van der Waals surface area contributed by atoms with E-state index < -0.39 is 6.03 Å². The van der Waals surface area contributed by atoms with Gasteiger partial charge in [0.25, 0.3) is 0 Å². The number of amides is 2. The second-order valence-corrected chi connectivity index (χ2v) is 4.21. The summed E-state index contributed by atoms with van der Waals surface area (Å²) >= 11 is 0. The first-order valence-electron chi connectivity index (χ1n) is 5.95. The maximum absolute atomic E-state index is 11.3. The number of carbonyl (C=O) groups excluding carboxylic acids is 1. The first kappa shape index (κ1) is 11.5. The summed E-state index contributed by atoms with van der Waals surface area (Å²) in [4.78, 5) is 23.5. The largest absolute Gasteiger partial charge is 0.367 e. The number of hydrogen-bond acceptors (Lipinski definition) is 2. The van der Waals surface area contributed by atoms with Crippen molar-refractivity contribution in [3.63, 3.8) is 0 Å². The Bertz CT molecular complexity index is 702. The molecule has 1 aliphatic rings. The number of nitrogens with zero attached hydrogens (tertiary/aromatic N) is 3. The normalized spacial score (nSPS) is 14.3. The molecule has 4 nitrogen and oxygen atoms in total. The van der Waals surface area contributed by atoms with E-state index in [1.807, 2.05) is 42.5 Å². The van der Waals surface area contributed by atoms with Crippen LogP contribution in [0.2, 0.25) is 0 Å². The number of pyridine rings is 1. The van der Waals surface area contributed by atoms with E-state index in [2.05, 4.69) is 15.0 Å². The zero-order valence-corrected chi connectivity index (χ0v) is 10.4. The first-order valence-corrected chi connectivity index (χ1v) is 5.95. The van der Waals surface area contributed by atoms with Gasteiger partial charge in [0.05, 0.1) is 17.1 Å². The predicted molar refractivity (Wildman–Crippen MR) is 74.7 cm³/mol. The Morgan fingerprint density at radius 1 is 0.947 bits per heavy atom. The topological polar surface area (TPSA) is 54.7 Å². The van der Waals surface area contributed by atoms with Crippen molar-refractivity contribution in [1.29, 1.82) is 0 Å². The minimum Gasteiger partial charge on any atom is -0.256 e. The van der Waals surface area contributed by atoms with Gasteiger partial charge in [-0.3, -0.25) is 4.98 Å². The lowest BCUT2D eigenvalue weighted by molar-refractivity contribution is 0.257. The third-order valence-electron chi connectivity index (χ3n) is 2.92. The van der Waals surface area contributed by atoms with Crippen LogP contribution in [0, 0.1) is 0 Å². The van der Waals surface area contributed by atoms with Crippen LogP contribution in [0.1, 0.15) is 12.5 Å². The average Bonchev–Trinajstić information content (AvgIpc) is 2.79. The Labute approximate surface area is 110 Å². The van der Waals surface area contributed by atoms with Crippen LogP contribution in [-0.2, 0) is 0 Å². The van der Waals surface area contributed by atoms with Gasteiger partial charge < -0.3 is 0 Å². The lowest BCUT2D eigenvalue weighted by Gasteiger charge is -2.08. The number of urea groups is 1. The highest BCUT2D eigenvalue weighted by molar-refractivity contribution is 6.53. The molecule has 3 rings (SSSR count). The summed E-state index contributed by atoms with van der Waals surface area (Å²) in [5, 5.41) is 0. The van der Waals surface area contributed by atoms with E-state index in [-0.39, 0.29) is 0 Å². The van der Waals surface area contributed by atoms with Gasteiger partial charge in [-0.15, -0.1) is 0 Å². The molecule has 92 valence electrons. The lowest BCUT2D eigenvalue weighted by Crippen LogP contribution is -2.10. The predicted octanol–water partition coefficient (Wildman–Crippen LogP) is 3.13. The van der Waals surface area contributed by atoms with Gasteiger partial charge in [-0.25, -0.2) is 4.79 Å². The molecular weight excluding hydrogens is 238 g/mol. The first-order chi connectivity index (χ1) is 9.25. The van der Waals surface area contributed by atoms with E-state index in [0.29, 0.717) is 11.4 Å². The number of rotatable bonds is 2. The molecule has 0 unspecified atom stereocenters. The van der Waals surface area contributed by atoms with Crippen LogP contribution in [0.3, 0.4) is 0 Å².